The van der Waals surface area contributed by atoms with Crippen molar-refractivity contribution in [1.82, 2.24) is 0 Å². The topological polar surface area (TPSA) is 47.6 Å². The molecule has 0 fully saturated rings. The molecular weight excluding hydrogens is 337 g/mol. The summed E-state index contributed by atoms with van der Waals surface area (Å²) in [6, 6.07) is 10.8. The third-order valence-electron chi connectivity index (χ3n) is 3.32. The lowest BCUT2D eigenvalue weighted by Gasteiger charge is -2.14. The number of methoxy groups -OCH3 is 1. The highest BCUT2D eigenvalue weighted by molar-refractivity contribution is 6.32. The van der Waals surface area contributed by atoms with Gasteiger partial charge in [-0.3, -0.25) is 5.32 Å². The predicted molar refractivity (Wildman–Crippen MR) is 92.6 cm³/mol. The number of carbonyl (C=O) groups is 1. The summed E-state index contributed by atoms with van der Waals surface area (Å²) in [6.07, 6.45) is 0.330. The minimum atomic E-state index is -0.571. The highest BCUT2D eigenvalue weighted by Gasteiger charge is 2.12. The summed E-state index contributed by atoms with van der Waals surface area (Å²) in [5.41, 5.74) is 2.31. The Morgan fingerprint density at radius 1 is 1.17 bits per heavy atom. The normalized spacial score (nSPS) is 10.3. The first-order chi connectivity index (χ1) is 11.0. The van der Waals surface area contributed by atoms with E-state index >= 15 is 0 Å². The molecule has 1 N–H and O–H groups in total. The van der Waals surface area contributed by atoms with Crippen LogP contribution < -0.4 is 10.1 Å². The van der Waals surface area contributed by atoms with E-state index in [2.05, 4.69) is 17.0 Å². The average molecular weight is 354 g/mol. The zero-order chi connectivity index (χ0) is 16.8. The number of carbonyl (C=O) groups excluding carboxylic acids is 1. The van der Waals surface area contributed by atoms with Crippen LogP contribution in [0.25, 0.3) is 0 Å². The Kier molecular flexibility index (Phi) is 6.13. The summed E-state index contributed by atoms with van der Waals surface area (Å²) in [6.45, 7) is 2.23. The minimum Gasteiger partial charge on any atom is -0.487 e. The Balaban J connectivity index is 2.18. The van der Waals surface area contributed by atoms with E-state index in [9.17, 15) is 4.79 Å². The predicted octanol–water partition coefficient (Wildman–Crippen LogP) is 5.31. The molecule has 0 heterocycles. The Morgan fingerprint density at radius 3 is 2.61 bits per heavy atom. The van der Waals surface area contributed by atoms with Gasteiger partial charge in [0.05, 0.1) is 17.8 Å². The summed E-state index contributed by atoms with van der Waals surface area (Å²) in [5, 5.41) is 3.64. The van der Waals surface area contributed by atoms with Crippen molar-refractivity contribution in [2.45, 2.75) is 20.0 Å². The SMILES string of the molecule is CCc1ccc(OCc2c(Cl)cccc2NC(=O)OC)c(Cl)c1. The summed E-state index contributed by atoms with van der Waals surface area (Å²) in [7, 11) is 1.30. The third kappa shape index (κ3) is 4.53. The summed E-state index contributed by atoms with van der Waals surface area (Å²) >= 11 is 12.4. The fourth-order valence-electron chi connectivity index (χ4n) is 2.01. The lowest BCUT2D eigenvalue weighted by Crippen LogP contribution is -2.13. The molecule has 0 bridgehead atoms. The van der Waals surface area contributed by atoms with E-state index in [1.165, 1.54) is 7.11 Å². The fraction of sp³-hybridized carbons (Fsp3) is 0.235. The quantitative estimate of drug-likeness (QED) is 0.791. The van der Waals surface area contributed by atoms with E-state index in [1.807, 2.05) is 18.2 Å². The molecule has 6 heteroatoms. The molecule has 2 rings (SSSR count). The van der Waals surface area contributed by atoms with E-state index in [4.69, 9.17) is 27.9 Å². The molecule has 1 amide bonds. The summed E-state index contributed by atoms with van der Waals surface area (Å²) in [5.74, 6) is 0.563. The molecule has 0 unspecified atom stereocenters. The second-order valence-electron chi connectivity index (χ2n) is 4.79. The summed E-state index contributed by atoms with van der Waals surface area (Å²) < 4.78 is 10.4. The van der Waals surface area contributed by atoms with Crippen molar-refractivity contribution < 1.29 is 14.3 Å². The highest BCUT2D eigenvalue weighted by atomic mass is 35.5. The van der Waals surface area contributed by atoms with Crippen molar-refractivity contribution in [2.24, 2.45) is 0 Å². The highest BCUT2D eigenvalue weighted by Crippen LogP contribution is 2.30. The van der Waals surface area contributed by atoms with Gasteiger partial charge in [0.25, 0.3) is 0 Å². The van der Waals surface area contributed by atoms with Gasteiger partial charge in [-0.1, -0.05) is 42.3 Å². The van der Waals surface area contributed by atoms with Gasteiger partial charge in [0.2, 0.25) is 0 Å². The number of ether oxygens (including phenoxy) is 2. The summed E-state index contributed by atoms with van der Waals surface area (Å²) in [4.78, 5) is 11.4. The van der Waals surface area contributed by atoms with E-state index in [0.29, 0.717) is 27.0 Å². The zero-order valence-corrected chi connectivity index (χ0v) is 14.4. The molecular formula is C17H17Cl2NO3. The van der Waals surface area contributed by atoms with Gasteiger partial charge < -0.3 is 9.47 Å². The Hall–Kier alpha value is -1.91. The Labute approximate surface area is 145 Å². The number of nitrogens with one attached hydrogen (secondary N) is 1. The van der Waals surface area contributed by atoms with Gasteiger partial charge in [0, 0.05) is 10.6 Å². The zero-order valence-electron chi connectivity index (χ0n) is 12.9. The molecule has 0 atom stereocenters. The van der Waals surface area contributed by atoms with E-state index < -0.39 is 6.09 Å². The smallest absolute Gasteiger partial charge is 0.411 e. The monoisotopic (exact) mass is 353 g/mol. The molecule has 0 saturated heterocycles. The number of rotatable bonds is 5. The van der Waals surface area contributed by atoms with Gasteiger partial charge in [-0.25, -0.2) is 4.79 Å². The number of aryl methyl sites for hydroxylation is 1. The lowest BCUT2D eigenvalue weighted by molar-refractivity contribution is 0.187. The average Bonchev–Trinajstić information content (AvgIpc) is 2.55. The number of benzene rings is 2. The Morgan fingerprint density at radius 2 is 1.96 bits per heavy atom. The number of anilines is 1. The van der Waals surface area contributed by atoms with Gasteiger partial charge >= 0.3 is 6.09 Å². The maximum atomic E-state index is 11.4. The fourth-order valence-corrected chi connectivity index (χ4v) is 2.50. The largest absolute Gasteiger partial charge is 0.487 e. The van der Waals surface area contributed by atoms with Gasteiger partial charge in [0.15, 0.2) is 0 Å². The number of amides is 1. The molecule has 2 aromatic carbocycles. The first kappa shape index (κ1) is 17.4. The number of hydrogen-bond acceptors (Lipinski definition) is 3. The van der Waals surface area contributed by atoms with Crippen LogP contribution in [0.3, 0.4) is 0 Å². The third-order valence-corrected chi connectivity index (χ3v) is 3.97. The van der Waals surface area contributed by atoms with Gasteiger partial charge in [-0.05, 0) is 36.2 Å². The van der Waals surface area contributed by atoms with Crippen molar-refractivity contribution >= 4 is 35.0 Å². The molecule has 2 aromatic rings. The molecule has 0 saturated carbocycles. The standard InChI is InChI=1S/C17H17Cl2NO3/c1-3-11-7-8-16(14(19)9-11)23-10-12-13(18)5-4-6-15(12)20-17(21)22-2/h4-9H,3,10H2,1-2H3,(H,20,21). The molecule has 0 radical (unpaired) electrons. The van der Waals surface area contributed by atoms with Crippen LogP contribution in [-0.2, 0) is 17.8 Å². The molecule has 4 nitrogen and oxygen atoms in total. The van der Waals surface area contributed by atoms with E-state index in [0.717, 1.165) is 12.0 Å². The van der Waals surface area contributed by atoms with Gasteiger partial charge in [-0.2, -0.15) is 0 Å². The van der Waals surface area contributed by atoms with Crippen molar-refractivity contribution in [2.75, 3.05) is 12.4 Å². The lowest BCUT2D eigenvalue weighted by atomic mass is 10.1. The van der Waals surface area contributed by atoms with Crippen LogP contribution in [-0.4, -0.2) is 13.2 Å². The maximum Gasteiger partial charge on any atom is 0.411 e. The van der Waals surface area contributed by atoms with Crippen LogP contribution in [0.5, 0.6) is 5.75 Å². The van der Waals surface area contributed by atoms with Crippen LogP contribution in [0.4, 0.5) is 10.5 Å². The number of halogens is 2. The molecule has 0 spiro atoms. The van der Waals surface area contributed by atoms with E-state index in [-0.39, 0.29) is 6.61 Å². The molecule has 0 aliphatic heterocycles. The van der Waals surface area contributed by atoms with Gasteiger partial charge in [-0.15, -0.1) is 0 Å². The van der Waals surface area contributed by atoms with Crippen LogP contribution in [0.2, 0.25) is 10.0 Å². The maximum absolute atomic E-state index is 11.4. The molecule has 0 aromatic heterocycles. The van der Waals surface area contributed by atoms with Gasteiger partial charge in [0.1, 0.15) is 12.4 Å². The van der Waals surface area contributed by atoms with Crippen molar-refractivity contribution in [1.29, 1.82) is 0 Å². The van der Waals surface area contributed by atoms with Crippen molar-refractivity contribution in [3.05, 3.63) is 57.6 Å². The first-order valence-corrected chi connectivity index (χ1v) is 7.84. The first-order valence-electron chi connectivity index (χ1n) is 7.08. The molecule has 0 aliphatic rings. The van der Waals surface area contributed by atoms with E-state index in [1.54, 1.807) is 18.2 Å². The molecule has 23 heavy (non-hydrogen) atoms. The second-order valence-corrected chi connectivity index (χ2v) is 5.60. The number of hydrogen-bond donors (Lipinski definition) is 1. The Bertz CT molecular complexity index is 704. The van der Waals surface area contributed by atoms with Crippen molar-refractivity contribution in [3.63, 3.8) is 0 Å². The minimum absolute atomic E-state index is 0.171. The van der Waals surface area contributed by atoms with Crippen LogP contribution >= 0.6 is 23.2 Å². The molecule has 0 aliphatic carbocycles. The van der Waals surface area contributed by atoms with Crippen LogP contribution in [0.15, 0.2) is 36.4 Å². The van der Waals surface area contributed by atoms with Crippen LogP contribution in [0, 0.1) is 0 Å². The van der Waals surface area contributed by atoms with Crippen LogP contribution in [0.1, 0.15) is 18.1 Å². The second kappa shape index (κ2) is 8.09. The molecule has 122 valence electrons. The van der Waals surface area contributed by atoms with Crippen molar-refractivity contribution in [3.8, 4) is 5.75 Å².